The molecule has 3 fully saturated rings. The lowest BCUT2D eigenvalue weighted by Gasteiger charge is -2.50. The van der Waals surface area contributed by atoms with Crippen LogP contribution in [0.4, 0.5) is 0 Å². The molecule has 88 heavy (non-hydrogen) atoms. The summed E-state index contributed by atoms with van der Waals surface area (Å²) in [6.45, 7) is 2.06. The zero-order chi connectivity index (χ0) is 64.7. The summed E-state index contributed by atoms with van der Waals surface area (Å²) in [5.41, 5.74) is 0. The van der Waals surface area contributed by atoms with E-state index in [1.54, 1.807) is 6.08 Å². The van der Waals surface area contributed by atoms with Gasteiger partial charge in [-0.05, 0) is 38.5 Å². The lowest BCUT2D eigenvalue weighted by atomic mass is 9.88. The van der Waals surface area contributed by atoms with Crippen LogP contribution in [-0.4, -0.2) is 215 Å². The van der Waals surface area contributed by atoms with E-state index in [1.807, 2.05) is 6.08 Å². The summed E-state index contributed by atoms with van der Waals surface area (Å²) < 4.78 is 34.7. The third kappa shape index (κ3) is 29.0. The van der Waals surface area contributed by atoms with Gasteiger partial charge in [0.25, 0.3) is 5.79 Å². The van der Waals surface area contributed by atoms with Crippen LogP contribution >= 0.6 is 0 Å². The number of nitrogens with one attached hydrogen (secondary N) is 2. The van der Waals surface area contributed by atoms with E-state index >= 15 is 0 Å². The van der Waals surface area contributed by atoms with Crippen LogP contribution in [0.3, 0.4) is 0 Å². The van der Waals surface area contributed by atoms with Crippen molar-refractivity contribution in [1.29, 1.82) is 0 Å². The summed E-state index contributed by atoms with van der Waals surface area (Å²) in [7, 11) is 0. The molecule has 0 bridgehead atoms. The number of carboxylic acid groups (broad SMARTS) is 1. The molecule has 0 aromatic carbocycles. The molecule has 3 aliphatic heterocycles. The van der Waals surface area contributed by atoms with Gasteiger partial charge < -0.3 is 100 Å². The third-order valence-electron chi connectivity index (χ3n) is 17.1. The molecule has 3 heterocycles. The number of unbranched alkanes of at least 4 members (excludes halogenated alkanes) is 28. The summed E-state index contributed by atoms with van der Waals surface area (Å²) in [6.07, 6.45) is 15.4. The van der Waals surface area contributed by atoms with E-state index in [9.17, 15) is 75.7 Å². The van der Waals surface area contributed by atoms with Crippen molar-refractivity contribution in [2.75, 3.05) is 26.4 Å². The summed E-state index contributed by atoms with van der Waals surface area (Å²) in [4.78, 5) is 38.4. The third-order valence-corrected chi connectivity index (χ3v) is 17.1. The van der Waals surface area contributed by atoms with E-state index < -0.39 is 155 Å². The first-order valence-corrected chi connectivity index (χ1v) is 33.7. The SMILES string of the molecule is CCCC/C=C\CCCCCCC(=O)NC(COC1OC(CO)C(OC2OC(CO)C(O)C(OC3(C(=O)O)CC(O)C(NC(C)=O)C(C(O)C(O)CO)O3)C2O)C(O)C1O)C(O)/C=C/CCCCCCCCCCCCCCCCCCCCCCCC. The number of carbonyl (C=O) groups excluding carboxylic acids is 2. The minimum Gasteiger partial charge on any atom is -0.477 e. The number of aliphatic hydroxyl groups excluding tert-OH is 11. The molecule has 514 valence electrons. The van der Waals surface area contributed by atoms with Crippen LogP contribution in [-0.2, 0) is 42.8 Å². The maximum atomic E-state index is 13.3. The number of ether oxygens (including phenoxy) is 6. The normalized spacial score (nSPS) is 29.1. The molecule has 0 spiro atoms. The lowest BCUT2D eigenvalue weighted by Crippen LogP contribution is -2.70. The van der Waals surface area contributed by atoms with Gasteiger partial charge in [0.1, 0.15) is 67.1 Å². The highest BCUT2D eigenvalue weighted by molar-refractivity contribution is 5.77. The van der Waals surface area contributed by atoms with Gasteiger partial charge in [0.05, 0.1) is 50.7 Å². The molecule has 2 amide bonds. The molecule has 23 heteroatoms. The molecule has 3 saturated heterocycles. The van der Waals surface area contributed by atoms with Gasteiger partial charge in [-0.15, -0.1) is 0 Å². The van der Waals surface area contributed by atoms with E-state index in [0.717, 1.165) is 71.1 Å². The van der Waals surface area contributed by atoms with Gasteiger partial charge in [-0.1, -0.05) is 199 Å². The maximum Gasteiger partial charge on any atom is 0.364 e. The number of allylic oxidation sites excluding steroid dienone is 3. The van der Waals surface area contributed by atoms with Crippen LogP contribution in [0.5, 0.6) is 0 Å². The van der Waals surface area contributed by atoms with Crippen molar-refractivity contribution >= 4 is 17.8 Å². The van der Waals surface area contributed by atoms with E-state index in [-0.39, 0.29) is 12.3 Å². The Bertz CT molecular complexity index is 1890. The Morgan fingerprint density at radius 1 is 0.591 bits per heavy atom. The number of amides is 2. The molecule has 0 aliphatic carbocycles. The molecular weight excluding hydrogens is 1140 g/mol. The zero-order valence-corrected chi connectivity index (χ0v) is 53.3. The number of carboxylic acids is 1. The Hall–Kier alpha value is -2.79. The standard InChI is InChI=1S/C65H118N2O21/c1-4-6-8-10-12-14-16-17-18-19-20-21-22-23-24-25-26-27-28-29-30-32-34-36-38-47(72)46(67-52(75)39-37-35-33-31-15-13-11-9-7-5-2)44-83-62-57(79)56(78)59(51(43-70)85-62)86-63-58(80)61(55(77)50(42-69)84-63)88-65(64(81)82)40-48(73)53(66-45(3)71)60(87-65)54(76)49(74)41-68/h11,13,36,38,46-51,53-63,68-70,72-74,76-80H,4-10,12,14-35,37,39-44H2,1-3H3,(H,66,71)(H,67,75)(H,81,82)/b13-11-,38-36+. The Labute approximate surface area is 523 Å². The van der Waals surface area contributed by atoms with Crippen LogP contribution in [0.1, 0.15) is 233 Å². The molecule has 0 radical (unpaired) electrons. The van der Waals surface area contributed by atoms with Crippen molar-refractivity contribution in [3.63, 3.8) is 0 Å². The number of aliphatic hydroxyl groups is 11. The van der Waals surface area contributed by atoms with Crippen molar-refractivity contribution in [2.45, 2.75) is 342 Å². The topological polar surface area (TPSA) is 373 Å². The quantitative estimate of drug-likeness (QED) is 0.0272. The van der Waals surface area contributed by atoms with Crippen LogP contribution < -0.4 is 10.6 Å². The molecule has 0 saturated carbocycles. The number of carbonyl (C=O) groups is 3. The number of aliphatic carboxylic acids is 1. The summed E-state index contributed by atoms with van der Waals surface area (Å²) in [5.74, 6) is -6.16. The van der Waals surface area contributed by atoms with Crippen LogP contribution in [0.2, 0.25) is 0 Å². The van der Waals surface area contributed by atoms with Gasteiger partial charge in [-0.3, -0.25) is 9.59 Å². The average molecular weight is 1260 g/mol. The maximum absolute atomic E-state index is 13.3. The van der Waals surface area contributed by atoms with Crippen molar-refractivity contribution in [3.8, 4) is 0 Å². The Kier molecular flexibility index (Phi) is 41.8. The number of hydrogen-bond donors (Lipinski definition) is 14. The second-order valence-corrected chi connectivity index (χ2v) is 24.7. The fourth-order valence-corrected chi connectivity index (χ4v) is 11.7. The molecule has 18 unspecified atom stereocenters. The summed E-state index contributed by atoms with van der Waals surface area (Å²) >= 11 is 0. The fourth-order valence-electron chi connectivity index (χ4n) is 11.7. The van der Waals surface area contributed by atoms with Crippen molar-refractivity contribution in [1.82, 2.24) is 10.6 Å². The molecule has 18 atom stereocenters. The first kappa shape index (κ1) is 79.4. The van der Waals surface area contributed by atoms with Gasteiger partial charge in [-0.25, -0.2) is 4.79 Å². The average Bonchev–Trinajstić information content (AvgIpc) is 1.13. The highest BCUT2D eigenvalue weighted by Crippen LogP contribution is 2.39. The van der Waals surface area contributed by atoms with Gasteiger partial charge in [0.15, 0.2) is 12.6 Å². The second kappa shape index (κ2) is 46.3. The predicted molar refractivity (Wildman–Crippen MR) is 329 cm³/mol. The largest absolute Gasteiger partial charge is 0.477 e. The van der Waals surface area contributed by atoms with Gasteiger partial charge >= 0.3 is 5.97 Å². The predicted octanol–water partition coefficient (Wildman–Crippen LogP) is 5.28. The molecular formula is C65H118N2O21. The Balaban J connectivity index is 1.58. The summed E-state index contributed by atoms with van der Waals surface area (Å²) in [5, 5.41) is 136. The molecule has 0 aromatic rings. The van der Waals surface area contributed by atoms with Gasteiger partial charge in [0, 0.05) is 19.8 Å². The Morgan fingerprint density at radius 2 is 1.08 bits per heavy atom. The number of rotatable bonds is 50. The van der Waals surface area contributed by atoms with E-state index in [1.165, 1.54) is 122 Å². The van der Waals surface area contributed by atoms with Crippen molar-refractivity contribution in [3.05, 3.63) is 24.3 Å². The molecule has 0 aromatic heterocycles. The minimum atomic E-state index is -3.08. The van der Waals surface area contributed by atoms with Crippen LogP contribution in [0.15, 0.2) is 24.3 Å². The number of hydrogen-bond acceptors (Lipinski definition) is 20. The highest BCUT2D eigenvalue weighted by atomic mass is 16.8. The van der Waals surface area contributed by atoms with E-state index in [2.05, 4.69) is 36.6 Å². The van der Waals surface area contributed by atoms with E-state index in [0.29, 0.717) is 12.8 Å². The van der Waals surface area contributed by atoms with Gasteiger partial charge in [-0.2, -0.15) is 0 Å². The summed E-state index contributed by atoms with van der Waals surface area (Å²) in [6, 6.07) is -2.62. The monoisotopic (exact) mass is 1260 g/mol. The zero-order valence-electron chi connectivity index (χ0n) is 53.3. The van der Waals surface area contributed by atoms with Gasteiger partial charge in [0.2, 0.25) is 11.8 Å². The molecule has 3 rings (SSSR count). The second-order valence-electron chi connectivity index (χ2n) is 24.7. The first-order valence-electron chi connectivity index (χ1n) is 33.7. The minimum absolute atomic E-state index is 0.185. The van der Waals surface area contributed by atoms with Crippen molar-refractivity contribution in [2.24, 2.45) is 0 Å². The lowest BCUT2D eigenvalue weighted by molar-refractivity contribution is -0.386. The molecule has 3 aliphatic rings. The smallest absolute Gasteiger partial charge is 0.364 e. The Morgan fingerprint density at radius 3 is 1.58 bits per heavy atom. The van der Waals surface area contributed by atoms with Crippen molar-refractivity contribution < 1.29 is 104 Å². The van der Waals surface area contributed by atoms with E-state index in [4.69, 9.17) is 28.4 Å². The van der Waals surface area contributed by atoms with Crippen LogP contribution in [0.25, 0.3) is 0 Å². The highest BCUT2D eigenvalue weighted by Gasteiger charge is 2.60. The molecule has 14 N–H and O–H groups in total. The van der Waals surface area contributed by atoms with Crippen LogP contribution in [0, 0.1) is 0 Å². The fraction of sp³-hybridized carbons (Fsp3) is 0.892. The first-order chi connectivity index (χ1) is 42.4. The molecule has 23 nitrogen and oxygen atoms in total.